The zero-order valence-electron chi connectivity index (χ0n) is 9.30. The van der Waals surface area contributed by atoms with Gasteiger partial charge in [-0.15, -0.1) is 30.4 Å². The topological polar surface area (TPSA) is 48.8 Å². The molecule has 7 heteroatoms. The first kappa shape index (κ1) is 63.5. The molecule has 0 heterocycles. The average molecular weight is 449 g/mol. The molecule has 0 fully saturated rings. The van der Waals surface area contributed by atoms with Gasteiger partial charge in [0.2, 0.25) is 0 Å². The summed E-state index contributed by atoms with van der Waals surface area (Å²) >= 11 is 0. The molecule has 0 saturated heterocycles. The molecule has 0 bridgehead atoms. The summed E-state index contributed by atoms with van der Waals surface area (Å²) in [6.07, 6.45) is 5.31. The summed E-state index contributed by atoms with van der Waals surface area (Å²) < 4.78 is 0. The third kappa shape index (κ3) is 137. The van der Waals surface area contributed by atoms with Crippen molar-refractivity contribution in [3.05, 3.63) is 39.1 Å². The molecule has 3 nitrogen and oxygen atoms in total. The normalized spacial score (nSPS) is 3.06. The van der Waals surface area contributed by atoms with Gasteiger partial charge in [0, 0.05) is 103 Å². The van der Waals surface area contributed by atoms with Crippen LogP contribution in [0.1, 0.15) is 13.8 Å². The molecule has 0 aliphatic rings. The second-order valence-electron chi connectivity index (χ2n) is 0.909. The molecule has 0 amide bonds. The summed E-state index contributed by atoms with van der Waals surface area (Å²) in [5.41, 5.74) is 7.48. The number of nitrogens with zero attached hydrogens (tertiary/aromatic N) is 3. The summed E-state index contributed by atoms with van der Waals surface area (Å²) in [7, 11) is 0. The van der Waals surface area contributed by atoms with Crippen molar-refractivity contribution in [2.45, 2.75) is 13.8 Å². The zero-order valence-corrected chi connectivity index (χ0v) is 17.8. The van der Waals surface area contributed by atoms with E-state index in [1.165, 1.54) is 0 Å². The summed E-state index contributed by atoms with van der Waals surface area (Å²) in [6.45, 7) is 6.93. The fourth-order valence-electron chi connectivity index (χ4n) is 0.0447. The Morgan fingerprint density at radius 2 is 1.44 bits per heavy atom. The molecule has 90 valence electrons. The smallest absolute Gasteiger partial charge is 0 e. The van der Waals surface area contributed by atoms with E-state index >= 15 is 0 Å². The standard InChI is InChI=1S/C4H5.C2H4N3.CH4.2CH3.2V.2Y/c1-3-4-2;1-2-4-5-3;;;;;;;/h1H,2,4H2;1-2H2;1H4;2*1H3;;;;/q2*-1;;2*-1;;;;. The van der Waals surface area contributed by atoms with Crippen molar-refractivity contribution >= 4 is 0 Å². The van der Waals surface area contributed by atoms with Crippen LogP contribution in [0.5, 0.6) is 0 Å². The molecule has 0 aromatic carbocycles. The first-order valence-electron chi connectivity index (χ1n) is 2.36. The zero-order chi connectivity index (χ0) is 7.54. The molecule has 0 N–H and O–H groups in total. The van der Waals surface area contributed by atoms with Crippen LogP contribution in [0.15, 0.2) is 5.11 Å². The Kier molecular flexibility index (Phi) is 344. The number of azide groups is 1. The fraction of sp³-hybridized carbons (Fsp3) is 0.333. The van der Waals surface area contributed by atoms with Crippen LogP contribution in [0.3, 0.4) is 0 Å². The maximum Gasteiger partial charge on any atom is 0 e. The largest absolute Gasteiger partial charge is 0.358 e. The molecular formula is C9H19N3V2Y2-4. The van der Waals surface area contributed by atoms with Crippen molar-refractivity contribution in [2.75, 3.05) is 6.54 Å². The molecule has 0 rings (SSSR count). The van der Waals surface area contributed by atoms with Crippen molar-refractivity contribution in [1.82, 2.24) is 0 Å². The molecule has 0 saturated carbocycles. The molecule has 0 unspecified atom stereocenters. The monoisotopic (exact) mass is 449 g/mol. The van der Waals surface area contributed by atoms with Crippen LogP contribution in [-0.2, 0) is 103 Å². The fourth-order valence-corrected chi connectivity index (χ4v) is 0.0447. The van der Waals surface area contributed by atoms with Crippen LogP contribution in [0.4, 0.5) is 0 Å². The van der Waals surface area contributed by atoms with Crippen LogP contribution < -0.4 is 0 Å². The maximum atomic E-state index is 7.48. The van der Waals surface area contributed by atoms with Crippen LogP contribution in [-0.4, -0.2) is 6.54 Å². The number of hydrogen-bond donors (Lipinski definition) is 0. The van der Waals surface area contributed by atoms with Crippen LogP contribution in [0.25, 0.3) is 10.4 Å². The SMILES string of the molecule is C.C#CC[CH2-].[CH2-]CN=[N+]=[N-].[CH3-].[CH3-].[V].[V].[Y].[Y]. The van der Waals surface area contributed by atoms with Gasteiger partial charge in [0.15, 0.2) is 0 Å². The van der Waals surface area contributed by atoms with Gasteiger partial charge in [-0.1, -0.05) is 7.43 Å². The van der Waals surface area contributed by atoms with Crippen LogP contribution in [0.2, 0.25) is 0 Å². The van der Waals surface area contributed by atoms with Gasteiger partial charge in [-0.25, -0.2) is 0 Å². The Bertz CT molecular complexity index is 135. The van der Waals surface area contributed by atoms with E-state index in [2.05, 4.69) is 29.8 Å². The van der Waals surface area contributed by atoms with Gasteiger partial charge in [-0.2, -0.15) is 0 Å². The van der Waals surface area contributed by atoms with Crippen molar-refractivity contribution in [2.24, 2.45) is 5.11 Å². The van der Waals surface area contributed by atoms with Gasteiger partial charge in [-0.3, -0.25) is 0 Å². The summed E-state index contributed by atoms with van der Waals surface area (Å²) in [6, 6.07) is 0. The van der Waals surface area contributed by atoms with E-state index in [1.54, 1.807) is 0 Å². The van der Waals surface area contributed by atoms with Gasteiger partial charge in [0.1, 0.15) is 0 Å². The maximum absolute atomic E-state index is 7.48. The molecule has 0 spiro atoms. The molecule has 0 aliphatic carbocycles. The van der Waals surface area contributed by atoms with Gasteiger partial charge < -0.3 is 28.7 Å². The Morgan fingerprint density at radius 3 is 1.44 bits per heavy atom. The third-order valence-corrected chi connectivity index (χ3v) is 0.308. The Balaban J connectivity index is -0.00000000614. The van der Waals surface area contributed by atoms with Gasteiger partial charge >= 0.3 is 0 Å². The minimum atomic E-state index is 0. The Hall–Kier alpha value is 2.25. The van der Waals surface area contributed by atoms with Crippen LogP contribution in [0, 0.1) is 41.0 Å². The Labute approximate surface area is 177 Å². The number of rotatable bonds is 1. The first-order valence-corrected chi connectivity index (χ1v) is 2.36. The van der Waals surface area contributed by atoms with Crippen molar-refractivity contribution in [1.29, 1.82) is 0 Å². The average Bonchev–Trinajstić information content (AvgIpc) is 1.91. The minimum absolute atomic E-state index is 0. The van der Waals surface area contributed by atoms with Crippen molar-refractivity contribution < 1.29 is 103 Å². The minimum Gasteiger partial charge on any atom is -0.358 e. The molecule has 0 atom stereocenters. The molecule has 4 radical (unpaired) electrons. The number of hydrogen-bond acceptors (Lipinski definition) is 1. The number of terminal acetylenes is 1. The second-order valence-corrected chi connectivity index (χ2v) is 0.909. The van der Waals surface area contributed by atoms with E-state index in [1.807, 2.05) is 0 Å². The first-order chi connectivity index (χ1) is 4.33. The van der Waals surface area contributed by atoms with Gasteiger partial charge in [0.25, 0.3) is 0 Å². The van der Waals surface area contributed by atoms with E-state index < -0.39 is 0 Å². The quantitative estimate of drug-likeness (QED) is 0.194. The third-order valence-electron chi connectivity index (χ3n) is 0.308. The van der Waals surface area contributed by atoms with E-state index in [0.717, 1.165) is 0 Å². The molecule has 0 aliphatic heterocycles. The predicted octanol–water partition coefficient (Wildman–Crippen LogP) is 3.50. The van der Waals surface area contributed by atoms with E-state index in [4.69, 9.17) is 12.0 Å². The molecule has 16 heavy (non-hydrogen) atoms. The van der Waals surface area contributed by atoms with Crippen molar-refractivity contribution in [3.63, 3.8) is 0 Å². The molecule has 0 aromatic heterocycles. The van der Waals surface area contributed by atoms with E-state index in [0.29, 0.717) is 13.0 Å². The summed E-state index contributed by atoms with van der Waals surface area (Å²) in [4.78, 5) is 2.42. The molecule has 0 aromatic rings. The predicted molar refractivity (Wildman–Crippen MR) is 57.7 cm³/mol. The Morgan fingerprint density at radius 1 is 1.19 bits per heavy atom. The van der Waals surface area contributed by atoms with Crippen molar-refractivity contribution in [3.8, 4) is 12.3 Å². The van der Waals surface area contributed by atoms with E-state index in [9.17, 15) is 0 Å². The summed E-state index contributed by atoms with van der Waals surface area (Å²) in [5, 5.41) is 3.04. The molecular weight excluding hydrogens is 430 g/mol. The van der Waals surface area contributed by atoms with Gasteiger partial charge in [-0.05, 0) is 10.4 Å². The van der Waals surface area contributed by atoms with Crippen LogP contribution >= 0.6 is 0 Å². The second kappa shape index (κ2) is 86.7. The summed E-state index contributed by atoms with van der Waals surface area (Å²) in [5.74, 6) is 2.32. The van der Waals surface area contributed by atoms with E-state index in [-0.39, 0.29) is 125 Å². The van der Waals surface area contributed by atoms with Gasteiger partial charge in [0.05, 0.1) is 0 Å².